The first-order valence-corrected chi connectivity index (χ1v) is 6.27. The summed E-state index contributed by atoms with van der Waals surface area (Å²) in [6.45, 7) is 1.64. The zero-order chi connectivity index (χ0) is 12.4. The Labute approximate surface area is 106 Å². The maximum atomic E-state index is 14.1. The molecule has 0 saturated carbocycles. The molecule has 4 N–H and O–H groups in total. The number of hydrogen-bond acceptors (Lipinski definition) is 3. The van der Waals surface area contributed by atoms with Gasteiger partial charge in [0.2, 0.25) is 0 Å². The van der Waals surface area contributed by atoms with E-state index in [1.54, 1.807) is 0 Å². The molecule has 2 rings (SSSR count). The minimum absolute atomic E-state index is 0.0292. The van der Waals surface area contributed by atoms with Crippen LogP contribution in [-0.2, 0) is 0 Å². The van der Waals surface area contributed by atoms with E-state index in [1.165, 1.54) is 18.9 Å². The molecule has 1 aromatic carbocycles. The van der Waals surface area contributed by atoms with Crippen molar-refractivity contribution in [3.05, 3.63) is 16.9 Å². The van der Waals surface area contributed by atoms with Crippen molar-refractivity contribution in [1.82, 2.24) is 0 Å². The van der Waals surface area contributed by atoms with Crippen LogP contribution in [0.5, 0.6) is 0 Å². The third-order valence-corrected chi connectivity index (χ3v) is 3.54. The molecule has 0 unspecified atom stereocenters. The molecule has 5 heteroatoms. The van der Waals surface area contributed by atoms with Crippen LogP contribution in [0, 0.1) is 5.82 Å². The largest absolute Gasteiger partial charge is 0.397 e. The number of nitrogens with zero attached hydrogens (tertiary/aromatic N) is 1. The molecule has 1 aromatic rings. The molecule has 17 heavy (non-hydrogen) atoms. The fourth-order valence-corrected chi connectivity index (χ4v) is 2.42. The second kappa shape index (κ2) is 5.00. The SMILES string of the molecule is Nc1cc(N)c(N2CCCCCC2)c(F)c1Cl. The summed E-state index contributed by atoms with van der Waals surface area (Å²) in [5.41, 5.74) is 12.4. The average Bonchev–Trinajstić information content (AvgIpc) is 2.55. The Kier molecular flexibility index (Phi) is 3.62. The third kappa shape index (κ3) is 2.41. The molecular weight excluding hydrogens is 241 g/mol. The maximum absolute atomic E-state index is 14.1. The van der Waals surface area contributed by atoms with Gasteiger partial charge in [-0.15, -0.1) is 0 Å². The highest BCUT2D eigenvalue weighted by molar-refractivity contribution is 6.33. The van der Waals surface area contributed by atoms with Crippen LogP contribution in [0.25, 0.3) is 0 Å². The second-order valence-electron chi connectivity index (χ2n) is 4.43. The quantitative estimate of drug-likeness (QED) is 0.761. The lowest BCUT2D eigenvalue weighted by Crippen LogP contribution is -2.26. The van der Waals surface area contributed by atoms with Crippen molar-refractivity contribution in [3.8, 4) is 0 Å². The Hall–Kier alpha value is -1.16. The molecule has 1 aliphatic rings. The van der Waals surface area contributed by atoms with Crippen LogP contribution in [0.4, 0.5) is 21.5 Å². The lowest BCUT2D eigenvalue weighted by molar-refractivity contribution is 0.618. The van der Waals surface area contributed by atoms with Gasteiger partial charge in [-0.1, -0.05) is 24.4 Å². The fourth-order valence-electron chi connectivity index (χ4n) is 2.27. The van der Waals surface area contributed by atoms with Gasteiger partial charge in [0.05, 0.1) is 17.1 Å². The molecular formula is C12H17ClFN3. The average molecular weight is 258 g/mol. The van der Waals surface area contributed by atoms with Gasteiger partial charge in [0.1, 0.15) is 5.02 Å². The Morgan fingerprint density at radius 3 is 2.24 bits per heavy atom. The van der Waals surface area contributed by atoms with Gasteiger partial charge in [-0.3, -0.25) is 0 Å². The maximum Gasteiger partial charge on any atom is 0.169 e. The molecule has 0 aromatic heterocycles. The minimum Gasteiger partial charge on any atom is -0.397 e. The molecule has 1 fully saturated rings. The van der Waals surface area contributed by atoms with E-state index in [0.717, 1.165) is 25.9 Å². The molecule has 0 aliphatic carbocycles. The van der Waals surface area contributed by atoms with Crippen molar-refractivity contribution >= 4 is 28.7 Å². The molecule has 0 bridgehead atoms. The zero-order valence-corrected chi connectivity index (χ0v) is 10.4. The van der Waals surface area contributed by atoms with E-state index in [4.69, 9.17) is 23.1 Å². The van der Waals surface area contributed by atoms with Gasteiger partial charge in [0.15, 0.2) is 5.82 Å². The van der Waals surface area contributed by atoms with Crippen molar-refractivity contribution in [2.75, 3.05) is 29.5 Å². The summed E-state index contributed by atoms with van der Waals surface area (Å²) in [4.78, 5) is 1.98. The minimum atomic E-state index is -0.494. The highest BCUT2D eigenvalue weighted by Gasteiger charge is 2.20. The first-order valence-electron chi connectivity index (χ1n) is 5.89. The summed E-state index contributed by atoms with van der Waals surface area (Å²) in [7, 11) is 0. The normalized spacial score (nSPS) is 16.9. The van der Waals surface area contributed by atoms with Crippen LogP contribution in [0.15, 0.2) is 6.07 Å². The van der Waals surface area contributed by atoms with Crippen molar-refractivity contribution < 1.29 is 4.39 Å². The van der Waals surface area contributed by atoms with Crippen LogP contribution >= 0.6 is 11.6 Å². The molecule has 94 valence electrons. The van der Waals surface area contributed by atoms with Gasteiger partial charge in [0, 0.05) is 13.1 Å². The molecule has 1 aliphatic heterocycles. The molecule has 1 heterocycles. The van der Waals surface area contributed by atoms with E-state index in [9.17, 15) is 4.39 Å². The van der Waals surface area contributed by atoms with E-state index in [-0.39, 0.29) is 10.7 Å². The predicted octanol–water partition coefficient (Wildman–Crippen LogP) is 3.02. The lowest BCUT2D eigenvalue weighted by atomic mass is 10.2. The number of hydrogen-bond donors (Lipinski definition) is 2. The van der Waals surface area contributed by atoms with Crippen LogP contribution in [-0.4, -0.2) is 13.1 Å². The summed E-state index contributed by atoms with van der Waals surface area (Å²) < 4.78 is 14.1. The summed E-state index contributed by atoms with van der Waals surface area (Å²) in [6, 6.07) is 1.53. The van der Waals surface area contributed by atoms with Gasteiger partial charge in [-0.05, 0) is 18.9 Å². The Balaban J connectivity index is 2.39. The van der Waals surface area contributed by atoms with Gasteiger partial charge in [-0.25, -0.2) is 4.39 Å². The number of nitrogens with two attached hydrogens (primary N) is 2. The number of anilines is 3. The predicted molar refractivity (Wildman–Crippen MR) is 70.9 cm³/mol. The third-order valence-electron chi connectivity index (χ3n) is 3.16. The second-order valence-corrected chi connectivity index (χ2v) is 4.81. The summed E-state index contributed by atoms with van der Waals surface area (Å²) in [5, 5.41) is -0.0292. The molecule has 1 saturated heterocycles. The van der Waals surface area contributed by atoms with E-state index >= 15 is 0 Å². The highest BCUT2D eigenvalue weighted by atomic mass is 35.5. The number of halogens is 2. The molecule has 0 radical (unpaired) electrons. The molecule has 0 atom stereocenters. The van der Waals surface area contributed by atoms with Crippen molar-refractivity contribution in [3.63, 3.8) is 0 Å². The van der Waals surface area contributed by atoms with Crippen LogP contribution < -0.4 is 16.4 Å². The fraction of sp³-hybridized carbons (Fsp3) is 0.500. The van der Waals surface area contributed by atoms with E-state index in [0.29, 0.717) is 11.4 Å². The van der Waals surface area contributed by atoms with Crippen LogP contribution in [0.3, 0.4) is 0 Å². The zero-order valence-electron chi connectivity index (χ0n) is 9.68. The topological polar surface area (TPSA) is 55.3 Å². The standard InChI is InChI=1S/C12H17ClFN3/c13-10-8(15)7-9(16)12(11(10)14)17-5-3-1-2-4-6-17/h7H,1-6,15-16H2. The van der Waals surface area contributed by atoms with E-state index < -0.39 is 5.82 Å². The molecule has 0 spiro atoms. The van der Waals surface area contributed by atoms with Crippen LogP contribution in [0.1, 0.15) is 25.7 Å². The Morgan fingerprint density at radius 2 is 1.65 bits per heavy atom. The number of benzene rings is 1. The number of rotatable bonds is 1. The summed E-state index contributed by atoms with van der Waals surface area (Å²) in [5.74, 6) is -0.494. The van der Waals surface area contributed by atoms with Gasteiger partial charge < -0.3 is 16.4 Å². The van der Waals surface area contributed by atoms with E-state index in [2.05, 4.69) is 0 Å². The first-order chi connectivity index (χ1) is 8.11. The lowest BCUT2D eigenvalue weighted by Gasteiger charge is -2.25. The highest BCUT2D eigenvalue weighted by Crippen LogP contribution is 2.36. The smallest absolute Gasteiger partial charge is 0.169 e. The Bertz CT molecular complexity index is 415. The van der Waals surface area contributed by atoms with Crippen molar-refractivity contribution in [2.24, 2.45) is 0 Å². The van der Waals surface area contributed by atoms with Crippen molar-refractivity contribution in [2.45, 2.75) is 25.7 Å². The van der Waals surface area contributed by atoms with Gasteiger partial charge in [0.25, 0.3) is 0 Å². The van der Waals surface area contributed by atoms with Crippen LogP contribution in [0.2, 0.25) is 5.02 Å². The van der Waals surface area contributed by atoms with Gasteiger partial charge in [-0.2, -0.15) is 0 Å². The van der Waals surface area contributed by atoms with Gasteiger partial charge >= 0.3 is 0 Å². The van der Waals surface area contributed by atoms with E-state index in [1.807, 2.05) is 4.90 Å². The molecule has 3 nitrogen and oxygen atoms in total. The summed E-state index contributed by atoms with van der Waals surface area (Å²) >= 11 is 5.83. The number of nitrogen functional groups attached to an aromatic ring is 2. The van der Waals surface area contributed by atoms with Crippen molar-refractivity contribution in [1.29, 1.82) is 0 Å². The Morgan fingerprint density at radius 1 is 1.06 bits per heavy atom. The molecule has 0 amide bonds. The first kappa shape index (κ1) is 12.3. The summed E-state index contributed by atoms with van der Waals surface area (Å²) in [6.07, 6.45) is 4.48. The monoisotopic (exact) mass is 257 g/mol.